The zero-order chi connectivity index (χ0) is 29.2. The van der Waals surface area contributed by atoms with Gasteiger partial charge in [-0.05, 0) is 48.6 Å². The van der Waals surface area contributed by atoms with E-state index in [1.54, 1.807) is 0 Å². The molecule has 8 nitrogen and oxygen atoms in total. The summed E-state index contributed by atoms with van der Waals surface area (Å²) in [5.74, 6) is 0.487. The highest BCUT2D eigenvalue weighted by molar-refractivity contribution is 6.33. The van der Waals surface area contributed by atoms with Crippen LogP contribution in [-0.4, -0.2) is 44.4 Å². The topological polar surface area (TPSA) is 106 Å². The quantitative estimate of drug-likeness (QED) is 0.330. The molecule has 5 aliphatic rings. The molecular weight excluding hydrogens is 562 g/mol. The lowest BCUT2D eigenvalue weighted by molar-refractivity contribution is -0.0866. The molecule has 2 aromatic heterocycles. The Balaban J connectivity index is 1.56. The van der Waals surface area contributed by atoms with E-state index in [4.69, 9.17) is 0 Å². The molecule has 0 spiro atoms. The second kappa shape index (κ2) is 9.06. The van der Waals surface area contributed by atoms with Gasteiger partial charge < -0.3 is 20.6 Å². The lowest BCUT2D eigenvalue weighted by Crippen LogP contribution is -2.20. The fourth-order valence-corrected chi connectivity index (χ4v) is 5.08. The molecule has 0 radical (unpaired) electrons. The van der Waals surface area contributed by atoms with Gasteiger partial charge in [0.15, 0.2) is 0 Å². The summed E-state index contributed by atoms with van der Waals surface area (Å²) < 4.78 is 87.2. The average molecular weight is 578 g/mol. The molecule has 8 bridgehead atoms. The summed E-state index contributed by atoms with van der Waals surface area (Å²) in [6.45, 7) is 0. The van der Waals surface area contributed by atoms with Gasteiger partial charge in [-0.25, -0.2) is 20.0 Å². The number of halogens is 6. The molecule has 0 aromatic carbocycles. The van der Waals surface area contributed by atoms with Gasteiger partial charge in [-0.15, -0.1) is 0 Å². The van der Waals surface area contributed by atoms with E-state index in [0.717, 1.165) is 0 Å². The van der Waals surface area contributed by atoms with Crippen LogP contribution < -0.4 is 10.6 Å². The molecule has 14 heteroatoms. The van der Waals surface area contributed by atoms with E-state index in [1.165, 1.54) is 73.4 Å². The van der Waals surface area contributed by atoms with E-state index >= 15 is 0 Å². The van der Waals surface area contributed by atoms with Crippen LogP contribution in [0.4, 0.5) is 26.3 Å². The van der Waals surface area contributed by atoms with Crippen LogP contribution in [0.5, 0.6) is 0 Å². The van der Waals surface area contributed by atoms with Crippen LogP contribution in [0.25, 0.3) is 16.7 Å². The van der Waals surface area contributed by atoms with Crippen molar-refractivity contribution in [2.45, 2.75) is 12.4 Å². The second-order valence-electron chi connectivity index (χ2n) is 9.36. The highest BCUT2D eigenvalue weighted by atomic mass is 19.4. The predicted molar refractivity (Wildman–Crippen MR) is 144 cm³/mol. The number of hydrogen-bond acceptors (Lipinski definition) is 6. The number of rotatable bonds is 1. The van der Waals surface area contributed by atoms with Gasteiger partial charge in [0, 0.05) is 24.8 Å². The van der Waals surface area contributed by atoms with Gasteiger partial charge in [0.05, 0.1) is 56.8 Å². The summed E-state index contributed by atoms with van der Waals surface area (Å²) in [6.07, 6.45) is 3.93. The van der Waals surface area contributed by atoms with E-state index in [9.17, 15) is 26.3 Å². The van der Waals surface area contributed by atoms with Crippen molar-refractivity contribution in [3.63, 3.8) is 0 Å². The Bertz CT molecular complexity index is 1870. The minimum Gasteiger partial charge on any atom is -0.354 e. The van der Waals surface area contributed by atoms with E-state index in [1.807, 2.05) is 0 Å². The van der Waals surface area contributed by atoms with Crippen LogP contribution in [-0.2, 0) is 0 Å². The number of imidazole rings is 1. The fraction of sp³-hybridized carbons (Fsp3) is 0.0714. The molecule has 0 amide bonds. The smallest absolute Gasteiger partial charge is 0.354 e. The number of alkyl halides is 6. The molecule has 0 atom stereocenters. The summed E-state index contributed by atoms with van der Waals surface area (Å²) in [4.78, 5) is 22.6. The molecule has 0 unspecified atom stereocenters. The number of hydrogen-bond donors (Lipinski definition) is 4. The van der Waals surface area contributed by atoms with Crippen LogP contribution in [0.1, 0.15) is 17.2 Å². The molecule has 7 heterocycles. The number of fused-ring (bicyclic) bond motifs is 5. The van der Waals surface area contributed by atoms with Crippen molar-refractivity contribution in [1.29, 1.82) is 0 Å². The third-order valence-corrected chi connectivity index (χ3v) is 6.77. The number of nitrogens with one attached hydrogen (secondary N) is 4. The Morgan fingerprint density at radius 1 is 0.595 bits per heavy atom. The van der Waals surface area contributed by atoms with Crippen LogP contribution in [0.15, 0.2) is 117 Å². The summed E-state index contributed by atoms with van der Waals surface area (Å²) in [5, 5.41) is 5.83. The number of allylic oxidation sites excluding steroid dienone is 10. The normalized spacial score (nSPS) is 19.7. The van der Waals surface area contributed by atoms with Crippen molar-refractivity contribution in [2.24, 2.45) is 15.0 Å². The first kappa shape index (κ1) is 25.6. The maximum Gasteiger partial charge on any atom is 0.420 e. The third-order valence-electron chi connectivity index (χ3n) is 6.77. The Hall–Kier alpha value is -5.40. The largest absolute Gasteiger partial charge is 0.420 e. The lowest BCUT2D eigenvalue weighted by atomic mass is 10.1. The van der Waals surface area contributed by atoms with Gasteiger partial charge in [0.1, 0.15) is 22.8 Å². The summed E-state index contributed by atoms with van der Waals surface area (Å²) >= 11 is 0. The maximum absolute atomic E-state index is 14.5. The number of aliphatic imine (C=N–C) groups is 3. The number of H-pyrrole nitrogens is 2. The van der Waals surface area contributed by atoms with Gasteiger partial charge >= 0.3 is 12.4 Å². The highest BCUT2D eigenvalue weighted by Gasteiger charge is 2.42. The molecule has 5 aliphatic heterocycles. The van der Waals surface area contributed by atoms with Crippen LogP contribution in [0.2, 0.25) is 0 Å². The monoisotopic (exact) mass is 578 g/mol. The summed E-state index contributed by atoms with van der Waals surface area (Å²) in [7, 11) is 0. The number of nitrogens with zero attached hydrogens (tertiary/aromatic N) is 4. The maximum atomic E-state index is 14.5. The first-order valence-electron chi connectivity index (χ1n) is 12.4. The standard InChI is InChI=1S/C28H16F6N8/c29-27(30,31)23-17-5-1-13(39-17)21(25-35-9-10-36-25)14-2-6-19(40-14)24(28(32,33)34)20-8-4-16(42-20)22(26-37-11-12-38-26)15-3-7-18(23)41-15/h1-12,35-36,39H,(H,37,38). The Morgan fingerprint density at radius 3 is 1.81 bits per heavy atom. The molecule has 42 heavy (non-hydrogen) atoms. The molecule has 0 aliphatic carbocycles. The van der Waals surface area contributed by atoms with Crippen molar-refractivity contribution in [1.82, 2.24) is 25.6 Å². The van der Waals surface area contributed by atoms with Crippen molar-refractivity contribution in [2.75, 3.05) is 0 Å². The number of aromatic amines is 2. The summed E-state index contributed by atoms with van der Waals surface area (Å²) in [6, 6.07) is 2.65. The van der Waals surface area contributed by atoms with E-state index in [0.29, 0.717) is 5.82 Å². The van der Waals surface area contributed by atoms with Crippen LogP contribution in [0, 0.1) is 0 Å². The predicted octanol–water partition coefficient (Wildman–Crippen LogP) is 5.62. The fourth-order valence-electron chi connectivity index (χ4n) is 5.08. The number of aromatic nitrogens is 3. The van der Waals surface area contributed by atoms with E-state index in [2.05, 4.69) is 40.6 Å². The molecule has 0 saturated carbocycles. The minimum absolute atomic E-state index is 0.0363. The Labute approximate surface area is 232 Å². The molecule has 7 rings (SSSR count). The van der Waals surface area contributed by atoms with Crippen molar-refractivity contribution < 1.29 is 26.3 Å². The van der Waals surface area contributed by atoms with Gasteiger partial charge in [0.2, 0.25) is 0 Å². The van der Waals surface area contributed by atoms with Crippen LogP contribution >= 0.6 is 0 Å². The molecule has 210 valence electrons. The van der Waals surface area contributed by atoms with Crippen molar-refractivity contribution in [3.05, 3.63) is 119 Å². The summed E-state index contributed by atoms with van der Waals surface area (Å²) in [5.41, 5.74) is -2.89. The van der Waals surface area contributed by atoms with Crippen molar-refractivity contribution in [3.8, 4) is 0 Å². The van der Waals surface area contributed by atoms with E-state index < -0.39 is 40.6 Å². The average Bonchev–Trinajstić information content (AvgIpc) is 3.73. The lowest BCUT2D eigenvalue weighted by Gasteiger charge is -2.14. The molecular formula is C28H16F6N8. The molecule has 4 N–H and O–H groups in total. The van der Waals surface area contributed by atoms with Gasteiger partial charge in [-0.3, -0.25) is 0 Å². The van der Waals surface area contributed by atoms with Crippen molar-refractivity contribution >= 4 is 33.9 Å². The highest BCUT2D eigenvalue weighted by Crippen LogP contribution is 2.41. The molecule has 0 fully saturated rings. The first-order valence-corrected chi connectivity index (χ1v) is 12.4. The Morgan fingerprint density at radius 2 is 1.17 bits per heavy atom. The van der Waals surface area contributed by atoms with Gasteiger partial charge in [-0.1, -0.05) is 0 Å². The van der Waals surface area contributed by atoms with Crippen LogP contribution in [0.3, 0.4) is 0 Å². The molecule has 0 saturated heterocycles. The minimum atomic E-state index is -4.84. The van der Waals surface area contributed by atoms with Gasteiger partial charge in [-0.2, -0.15) is 26.3 Å². The Kier molecular flexibility index (Phi) is 5.51. The second-order valence-corrected chi connectivity index (χ2v) is 9.36. The zero-order valence-corrected chi connectivity index (χ0v) is 21.0. The first-order chi connectivity index (χ1) is 20.1. The molecule has 2 aromatic rings. The van der Waals surface area contributed by atoms with E-state index in [-0.39, 0.29) is 45.5 Å². The van der Waals surface area contributed by atoms with Gasteiger partial charge in [0.25, 0.3) is 0 Å². The third kappa shape index (κ3) is 4.19. The SMILES string of the molecule is FC(F)(F)C1=C2C=CC(=N2)C(=C2NC=CN2)c2ccc([nH]2)C(C(F)(F)F)=C2C=CC(=N2)C(c2ncc[nH]2)=C2C=CC1=N2. The zero-order valence-electron chi connectivity index (χ0n) is 21.0.